The third kappa shape index (κ3) is 4.37. The lowest BCUT2D eigenvalue weighted by Gasteiger charge is -2.11. The van der Waals surface area contributed by atoms with Gasteiger partial charge in [-0.05, 0) is 43.3 Å². The fourth-order valence-corrected chi connectivity index (χ4v) is 3.40. The Morgan fingerprint density at radius 2 is 2.00 bits per heavy atom. The second kappa shape index (κ2) is 7.13. The van der Waals surface area contributed by atoms with Gasteiger partial charge in [-0.25, -0.2) is 0 Å². The van der Waals surface area contributed by atoms with Crippen LogP contribution in [0, 0.1) is 6.92 Å². The smallest absolute Gasteiger partial charge is 0.0216 e. The summed E-state index contributed by atoms with van der Waals surface area (Å²) in [6.45, 7) is 6.20. The summed E-state index contributed by atoms with van der Waals surface area (Å²) in [4.78, 5) is 2.58. The van der Waals surface area contributed by atoms with E-state index in [0.717, 1.165) is 17.6 Å². The van der Waals surface area contributed by atoms with Crippen molar-refractivity contribution in [2.75, 3.05) is 6.54 Å². The van der Waals surface area contributed by atoms with Gasteiger partial charge in [0.1, 0.15) is 0 Å². The molecule has 0 amide bonds. The van der Waals surface area contributed by atoms with Gasteiger partial charge in [-0.2, -0.15) is 0 Å². The highest BCUT2D eigenvalue weighted by Gasteiger charge is 2.05. The lowest BCUT2D eigenvalue weighted by Crippen LogP contribution is -2.12. The van der Waals surface area contributed by atoms with Gasteiger partial charge in [-0.15, -0.1) is 0 Å². The van der Waals surface area contributed by atoms with Crippen LogP contribution >= 0.6 is 27.7 Å². The van der Waals surface area contributed by atoms with Gasteiger partial charge in [-0.1, -0.05) is 58.4 Å². The highest BCUT2D eigenvalue weighted by molar-refractivity contribution is 9.10. The fraction of sp³-hybridized carbons (Fsp3) is 0.250. The number of halogens is 1. The molecule has 100 valence electrons. The van der Waals surface area contributed by atoms with Crippen LogP contribution in [0.25, 0.3) is 0 Å². The van der Waals surface area contributed by atoms with Crippen molar-refractivity contribution in [2.45, 2.75) is 30.2 Å². The van der Waals surface area contributed by atoms with Crippen LogP contribution in [0.15, 0.2) is 56.7 Å². The Morgan fingerprint density at radius 1 is 1.16 bits per heavy atom. The Hall–Kier alpha value is -0.770. The molecule has 0 aliphatic rings. The normalized spacial score (nSPS) is 10.7. The molecule has 0 atom stereocenters. The van der Waals surface area contributed by atoms with E-state index < -0.39 is 0 Å². The molecule has 19 heavy (non-hydrogen) atoms. The molecule has 0 aliphatic heterocycles. The molecule has 1 N–H and O–H groups in total. The number of aryl methyl sites for hydroxylation is 1. The zero-order valence-electron chi connectivity index (χ0n) is 11.2. The Kier molecular flexibility index (Phi) is 5.49. The van der Waals surface area contributed by atoms with Gasteiger partial charge in [0.05, 0.1) is 0 Å². The zero-order valence-corrected chi connectivity index (χ0v) is 13.6. The van der Waals surface area contributed by atoms with Crippen LogP contribution in [0.5, 0.6) is 0 Å². The highest BCUT2D eigenvalue weighted by atomic mass is 79.9. The van der Waals surface area contributed by atoms with Crippen molar-refractivity contribution < 1.29 is 0 Å². The average molecular weight is 336 g/mol. The molecule has 0 radical (unpaired) electrons. The SMILES string of the molecule is CCNCc1cc(C)ccc1Sc1cccc(Br)c1. The van der Waals surface area contributed by atoms with Gasteiger partial charge in [0, 0.05) is 20.8 Å². The molecule has 0 unspecified atom stereocenters. The highest BCUT2D eigenvalue weighted by Crippen LogP contribution is 2.32. The molecule has 0 spiro atoms. The van der Waals surface area contributed by atoms with E-state index in [2.05, 4.69) is 77.6 Å². The molecule has 0 saturated heterocycles. The minimum atomic E-state index is 0.925. The molecule has 0 heterocycles. The lowest BCUT2D eigenvalue weighted by molar-refractivity contribution is 0.717. The molecule has 2 aromatic rings. The van der Waals surface area contributed by atoms with Crippen molar-refractivity contribution in [3.05, 3.63) is 58.1 Å². The van der Waals surface area contributed by atoms with Gasteiger partial charge >= 0.3 is 0 Å². The predicted molar refractivity (Wildman–Crippen MR) is 86.8 cm³/mol. The quantitative estimate of drug-likeness (QED) is 0.823. The van der Waals surface area contributed by atoms with Crippen molar-refractivity contribution in [3.63, 3.8) is 0 Å². The van der Waals surface area contributed by atoms with E-state index in [1.165, 1.54) is 20.9 Å². The molecule has 0 bridgehead atoms. The van der Waals surface area contributed by atoms with Crippen molar-refractivity contribution in [2.24, 2.45) is 0 Å². The number of hydrogen-bond donors (Lipinski definition) is 1. The van der Waals surface area contributed by atoms with E-state index in [4.69, 9.17) is 0 Å². The second-order valence-corrected chi connectivity index (χ2v) is 6.48. The Balaban J connectivity index is 2.23. The van der Waals surface area contributed by atoms with Crippen LogP contribution in [-0.2, 0) is 6.54 Å². The number of hydrogen-bond acceptors (Lipinski definition) is 2. The molecule has 0 saturated carbocycles. The predicted octanol–water partition coefficient (Wildman–Crippen LogP) is 5.02. The first-order valence-corrected chi connectivity index (χ1v) is 8.03. The summed E-state index contributed by atoms with van der Waals surface area (Å²) in [6, 6.07) is 15.1. The first-order valence-electron chi connectivity index (χ1n) is 6.42. The summed E-state index contributed by atoms with van der Waals surface area (Å²) in [7, 11) is 0. The maximum Gasteiger partial charge on any atom is 0.0216 e. The van der Waals surface area contributed by atoms with Crippen molar-refractivity contribution in [1.82, 2.24) is 5.32 Å². The van der Waals surface area contributed by atoms with Crippen LogP contribution in [0.4, 0.5) is 0 Å². The van der Waals surface area contributed by atoms with Gasteiger partial charge in [0.2, 0.25) is 0 Å². The second-order valence-electron chi connectivity index (χ2n) is 4.45. The summed E-state index contributed by atoms with van der Waals surface area (Å²) in [5.41, 5.74) is 2.68. The van der Waals surface area contributed by atoms with Crippen LogP contribution in [-0.4, -0.2) is 6.54 Å². The van der Waals surface area contributed by atoms with Gasteiger partial charge in [0.15, 0.2) is 0 Å². The fourth-order valence-electron chi connectivity index (χ4n) is 1.86. The molecule has 1 nitrogen and oxygen atoms in total. The first kappa shape index (κ1) is 14.6. The number of nitrogens with one attached hydrogen (secondary N) is 1. The third-order valence-corrected chi connectivity index (χ3v) is 4.41. The summed E-state index contributed by atoms with van der Waals surface area (Å²) in [6.07, 6.45) is 0. The standard InChI is InChI=1S/C16H18BrNS/c1-3-18-11-13-9-12(2)7-8-16(13)19-15-6-4-5-14(17)10-15/h4-10,18H,3,11H2,1-2H3. The zero-order chi connectivity index (χ0) is 13.7. The number of rotatable bonds is 5. The summed E-state index contributed by atoms with van der Waals surface area (Å²) < 4.78 is 1.12. The van der Waals surface area contributed by atoms with Crippen molar-refractivity contribution >= 4 is 27.7 Å². The van der Waals surface area contributed by atoms with Crippen molar-refractivity contribution in [1.29, 1.82) is 0 Å². The molecular weight excluding hydrogens is 318 g/mol. The monoisotopic (exact) mass is 335 g/mol. The lowest BCUT2D eigenvalue weighted by atomic mass is 10.1. The van der Waals surface area contributed by atoms with E-state index in [0.29, 0.717) is 0 Å². The third-order valence-electron chi connectivity index (χ3n) is 2.81. The van der Waals surface area contributed by atoms with Crippen LogP contribution < -0.4 is 5.32 Å². The van der Waals surface area contributed by atoms with Crippen LogP contribution in [0.3, 0.4) is 0 Å². The Labute approximate surface area is 127 Å². The van der Waals surface area contributed by atoms with Crippen LogP contribution in [0.1, 0.15) is 18.1 Å². The summed E-state index contributed by atoms with van der Waals surface area (Å²) in [5, 5.41) is 3.41. The average Bonchev–Trinajstić information content (AvgIpc) is 2.39. The molecular formula is C16H18BrNS. The largest absolute Gasteiger partial charge is 0.313 e. The Bertz CT molecular complexity index is 554. The minimum Gasteiger partial charge on any atom is -0.313 e. The molecule has 0 aromatic heterocycles. The first-order chi connectivity index (χ1) is 9.19. The molecule has 0 aliphatic carbocycles. The Morgan fingerprint density at radius 3 is 2.74 bits per heavy atom. The van der Waals surface area contributed by atoms with Gasteiger partial charge in [-0.3, -0.25) is 0 Å². The van der Waals surface area contributed by atoms with Gasteiger partial charge < -0.3 is 5.32 Å². The molecule has 2 aromatic carbocycles. The van der Waals surface area contributed by atoms with E-state index in [1.54, 1.807) is 0 Å². The number of benzene rings is 2. The van der Waals surface area contributed by atoms with E-state index in [9.17, 15) is 0 Å². The van der Waals surface area contributed by atoms with Crippen molar-refractivity contribution in [3.8, 4) is 0 Å². The van der Waals surface area contributed by atoms with E-state index >= 15 is 0 Å². The molecule has 2 rings (SSSR count). The summed E-state index contributed by atoms with van der Waals surface area (Å²) >= 11 is 5.34. The minimum absolute atomic E-state index is 0.925. The topological polar surface area (TPSA) is 12.0 Å². The van der Waals surface area contributed by atoms with E-state index in [-0.39, 0.29) is 0 Å². The molecule has 0 fully saturated rings. The molecule has 3 heteroatoms. The van der Waals surface area contributed by atoms with E-state index in [1.807, 2.05) is 11.8 Å². The van der Waals surface area contributed by atoms with Crippen LogP contribution in [0.2, 0.25) is 0 Å². The summed E-state index contributed by atoms with van der Waals surface area (Å²) in [5.74, 6) is 0. The maximum atomic E-state index is 3.52. The van der Waals surface area contributed by atoms with Gasteiger partial charge in [0.25, 0.3) is 0 Å². The maximum absolute atomic E-state index is 3.52.